The van der Waals surface area contributed by atoms with Crippen molar-refractivity contribution >= 4 is 17.6 Å². The minimum Gasteiger partial charge on any atom is -0.462 e. The van der Waals surface area contributed by atoms with Crippen molar-refractivity contribution < 1.29 is 9.53 Å². The van der Waals surface area contributed by atoms with Crippen molar-refractivity contribution in [3.63, 3.8) is 0 Å². The van der Waals surface area contributed by atoms with Crippen molar-refractivity contribution in [3.05, 3.63) is 10.6 Å². The molecule has 2 nitrogen and oxygen atoms in total. The van der Waals surface area contributed by atoms with Gasteiger partial charge in [-0.3, -0.25) is 0 Å². The van der Waals surface area contributed by atoms with E-state index < -0.39 is 0 Å². The van der Waals surface area contributed by atoms with E-state index in [1.54, 1.807) is 6.92 Å². The van der Waals surface area contributed by atoms with E-state index in [9.17, 15) is 4.79 Å². The molecule has 1 saturated carbocycles. The highest BCUT2D eigenvalue weighted by molar-refractivity contribution is 6.41. The Kier molecular flexibility index (Phi) is 4.29. The lowest BCUT2D eigenvalue weighted by Crippen LogP contribution is -2.08. The molecule has 0 atom stereocenters. The van der Waals surface area contributed by atoms with E-state index >= 15 is 0 Å². The molecule has 74 valence electrons. The summed E-state index contributed by atoms with van der Waals surface area (Å²) < 4.78 is 4.83. The van der Waals surface area contributed by atoms with Crippen molar-refractivity contribution in [2.24, 2.45) is 0 Å². The van der Waals surface area contributed by atoms with Crippen LogP contribution in [0.25, 0.3) is 0 Å². The normalized spacial score (nSPS) is 16.9. The zero-order valence-corrected chi connectivity index (χ0v) is 8.69. The third kappa shape index (κ3) is 3.03. The molecule has 1 fully saturated rings. The summed E-state index contributed by atoms with van der Waals surface area (Å²) in [6, 6.07) is 0. The molecular weight excluding hydrogens is 188 g/mol. The van der Waals surface area contributed by atoms with E-state index in [2.05, 4.69) is 0 Å². The van der Waals surface area contributed by atoms with Crippen molar-refractivity contribution in [3.8, 4) is 0 Å². The van der Waals surface area contributed by atoms with Crippen molar-refractivity contribution in [1.29, 1.82) is 0 Å². The Morgan fingerprint density at radius 3 is 2.54 bits per heavy atom. The molecule has 0 saturated heterocycles. The quantitative estimate of drug-likeness (QED) is 0.508. The predicted octanol–water partition coefficient (Wildman–Crippen LogP) is 3.01. The Morgan fingerprint density at radius 2 is 2.00 bits per heavy atom. The lowest BCUT2D eigenvalue weighted by molar-refractivity contribution is -0.137. The lowest BCUT2D eigenvalue weighted by atomic mass is 9.95. The van der Waals surface area contributed by atoms with Gasteiger partial charge in [0.05, 0.1) is 6.61 Å². The third-order valence-corrected chi connectivity index (χ3v) is 2.64. The molecule has 0 N–H and O–H groups in total. The minimum atomic E-state index is -0.360. The van der Waals surface area contributed by atoms with Gasteiger partial charge in [-0.1, -0.05) is 18.0 Å². The SMILES string of the molecule is CCOC(=O)C(Cl)=C1CCCCC1. The van der Waals surface area contributed by atoms with Crippen LogP contribution in [0.1, 0.15) is 39.0 Å². The van der Waals surface area contributed by atoms with Crippen LogP contribution in [0.15, 0.2) is 10.6 Å². The maximum atomic E-state index is 11.2. The van der Waals surface area contributed by atoms with Gasteiger partial charge in [0.1, 0.15) is 5.03 Å². The Morgan fingerprint density at radius 1 is 1.38 bits per heavy atom. The Balaban J connectivity index is 2.60. The standard InChI is InChI=1S/C10H15ClO2/c1-2-13-10(12)9(11)8-6-4-3-5-7-8/h2-7H2,1H3. The van der Waals surface area contributed by atoms with Crippen LogP contribution in [0.2, 0.25) is 0 Å². The molecule has 1 rings (SSSR count). The molecule has 0 aromatic rings. The first-order valence-corrected chi connectivity index (χ1v) is 5.18. The van der Waals surface area contributed by atoms with Crippen LogP contribution in [0, 0.1) is 0 Å². The summed E-state index contributed by atoms with van der Waals surface area (Å²) in [5.41, 5.74) is 1.08. The first kappa shape index (κ1) is 10.6. The van der Waals surface area contributed by atoms with Crippen molar-refractivity contribution in [1.82, 2.24) is 0 Å². The Bertz CT molecular complexity index is 213. The number of esters is 1. The first-order valence-electron chi connectivity index (χ1n) is 4.80. The number of hydrogen-bond acceptors (Lipinski definition) is 2. The molecule has 0 bridgehead atoms. The second-order valence-corrected chi connectivity index (χ2v) is 3.58. The molecule has 0 heterocycles. The maximum absolute atomic E-state index is 11.2. The fourth-order valence-electron chi connectivity index (χ4n) is 1.54. The molecule has 0 amide bonds. The van der Waals surface area contributed by atoms with Crippen molar-refractivity contribution in [2.75, 3.05) is 6.61 Å². The second kappa shape index (κ2) is 5.28. The number of rotatable bonds is 2. The fraction of sp³-hybridized carbons (Fsp3) is 0.700. The number of allylic oxidation sites excluding steroid dienone is 1. The van der Waals surface area contributed by atoms with Gasteiger partial charge in [0, 0.05) is 0 Å². The van der Waals surface area contributed by atoms with Gasteiger partial charge in [-0.25, -0.2) is 4.79 Å². The largest absolute Gasteiger partial charge is 0.462 e. The van der Waals surface area contributed by atoms with E-state index in [4.69, 9.17) is 16.3 Å². The van der Waals surface area contributed by atoms with E-state index in [1.807, 2.05) is 0 Å². The zero-order chi connectivity index (χ0) is 9.68. The molecule has 0 spiro atoms. The molecule has 0 aliphatic heterocycles. The number of halogens is 1. The van der Waals surface area contributed by atoms with E-state index in [0.29, 0.717) is 11.6 Å². The van der Waals surface area contributed by atoms with Gasteiger partial charge in [-0.15, -0.1) is 0 Å². The highest BCUT2D eigenvalue weighted by Crippen LogP contribution is 2.27. The average Bonchev–Trinajstić information content (AvgIpc) is 2.18. The highest BCUT2D eigenvalue weighted by atomic mass is 35.5. The third-order valence-electron chi connectivity index (χ3n) is 2.22. The number of carbonyl (C=O) groups is 1. The molecule has 13 heavy (non-hydrogen) atoms. The summed E-state index contributed by atoms with van der Waals surface area (Å²) in [6.07, 6.45) is 5.45. The molecule has 3 heteroatoms. The van der Waals surface area contributed by atoms with Gasteiger partial charge in [0.2, 0.25) is 0 Å². The smallest absolute Gasteiger partial charge is 0.349 e. The van der Waals surface area contributed by atoms with Crippen LogP contribution in [0.3, 0.4) is 0 Å². The maximum Gasteiger partial charge on any atom is 0.349 e. The van der Waals surface area contributed by atoms with E-state index in [-0.39, 0.29) is 5.97 Å². The fourth-order valence-corrected chi connectivity index (χ4v) is 1.78. The first-order chi connectivity index (χ1) is 6.25. The van der Waals surface area contributed by atoms with Gasteiger partial charge in [-0.2, -0.15) is 0 Å². The summed E-state index contributed by atoms with van der Waals surface area (Å²) >= 11 is 5.89. The molecule has 0 radical (unpaired) electrons. The van der Waals surface area contributed by atoms with Crippen LogP contribution in [0.5, 0.6) is 0 Å². The molecule has 0 aromatic heterocycles. The van der Waals surface area contributed by atoms with E-state index in [1.165, 1.54) is 6.42 Å². The Hall–Kier alpha value is -0.500. The summed E-state index contributed by atoms with van der Waals surface area (Å²) in [5, 5.41) is 0.321. The van der Waals surface area contributed by atoms with Gasteiger partial charge in [-0.05, 0) is 38.2 Å². The summed E-state index contributed by atoms with van der Waals surface area (Å²) in [7, 11) is 0. The monoisotopic (exact) mass is 202 g/mol. The molecule has 1 aliphatic rings. The molecule has 0 aromatic carbocycles. The summed E-state index contributed by atoms with van der Waals surface area (Å²) in [4.78, 5) is 11.2. The predicted molar refractivity (Wildman–Crippen MR) is 52.6 cm³/mol. The van der Waals surface area contributed by atoms with Gasteiger partial charge in [0.25, 0.3) is 0 Å². The van der Waals surface area contributed by atoms with E-state index in [0.717, 1.165) is 31.3 Å². The number of hydrogen-bond donors (Lipinski definition) is 0. The molecule has 0 unspecified atom stereocenters. The Labute approximate surface area is 83.9 Å². The lowest BCUT2D eigenvalue weighted by Gasteiger charge is -2.14. The molecular formula is C10H15ClO2. The number of carbonyl (C=O) groups excluding carboxylic acids is 1. The molecule has 1 aliphatic carbocycles. The van der Waals surface area contributed by atoms with Crippen LogP contribution in [0.4, 0.5) is 0 Å². The van der Waals surface area contributed by atoms with Crippen LogP contribution >= 0.6 is 11.6 Å². The highest BCUT2D eigenvalue weighted by Gasteiger charge is 2.16. The zero-order valence-electron chi connectivity index (χ0n) is 7.94. The van der Waals surface area contributed by atoms with Crippen molar-refractivity contribution in [2.45, 2.75) is 39.0 Å². The van der Waals surface area contributed by atoms with Gasteiger partial charge < -0.3 is 4.74 Å². The topological polar surface area (TPSA) is 26.3 Å². The van der Waals surface area contributed by atoms with Crippen LogP contribution in [-0.4, -0.2) is 12.6 Å². The minimum absolute atomic E-state index is 0.321. The van der Waals surface area contributed by atoms with Gasteiger partial charge >= 0.3 is 5.97 Å². The summed E-state index contributed by atoms with van der Waals surface area (Å²) in [5.74, 6) is -0.360. The van der Waals surface area contributed by atoms with Gasteiger partial charge in [0.15, 0.2) is 0 Å². The average molecular weight is 203 g/mol. The van der Waals surface area contributed by atoms with Crippen LogP contribution in [-0.2, 0) is 9.53 Å². The van der Waals surface area contributed by atoms with Crippen LogP contribution < -0.4 is 0 Å². The second-order valence-electron chi connectivity index (χ2n) is 3.20. The summed E-state index contributed by atoms with van der Waals surface area (Å²) in [6.45, 7) is 2.18. The number of ether oxygens (including phenoxy) is 1.